The van der Waals surface area contributed by atoms with Crippen LogP contribution in [0.2, 0.25) is 5.02 Å². The number of morpholine rings is 1. The summed E-state index contributed by atoms with van der Waals surface area (Å²) in [6, 6.07) is 8.98. The summed E-state index contributed by atoms with van der Waals surface area (Å²) in [5.74, 6) is 0.0510. The minimum atomic E-state index is -0.425. The largest absolute Gasteiger partial charge is 0.476 e. The Kier molecular flexibility index (Phi) is 6.15. The lowest BCUT2D eigenvalue weighted by molar-refractivity contribution is 0.0320. The first kappa shape index (κ1) is 23.4. The molecule has 0 saturated carbocycles. The van der Waals surface area contributed by atoms with Gasteiger partial charge in [0.25, 0.3) is 0 Å². The number of hydrogen-bond acceptors (Lipinski definition) is 8. The van der Waals surface area contributed by atoms with Crippen LogP contribution in [0.15, 0.2) is 24.3 Å². The minimum absolute atomic E-state index is 0.251. The fourth-order valence-electron chi connectivity index (χ4n) is 4.97. The Labute approximate surface area is 215 Å². The van der Waals surface area contributed by atoms with Crippen LogP contribution in [0.4, 0.5) is 9.39 Å². The molecule has 184 valence electrons. The summed E-state index contributed by atoms with van der Waals surface area (Å²) in [4.78, 5) is 7.04. The molecule has 7 nitrogen and oxygen atoms in total. The SMILES string of the molecule is N#Cc1c(N)sc2c(F)ccc(-c3c4c(c5ccc(OCCN6CCOCC6)nc5c3Cl)COC4)c12. The number of ether oxygens (including phenoxy) is 3. The van der Waals surface area contributed by atoms with E-state index in [9.17, 15) is 9.65 Å². The highest BCUT2D eigenvalue weighted by Crippen LogP contribution is 2.48. The van der Waals surface area contributed by atoms with Gasteiger partial charge >= 0.3 is 0 Å². The number of halogens is 2. The summed E-state index contributed by atoms with van der Waals surface area (Å²) in [5, 5.41) is 11.8. The Morgan fingerprint density at radius 1 is 1.17 bits per heavy atom. The summed E-state index contributed by atoms with van der Waals surface area (Å²) in [5.41, 5.74) is 10.1. The van der Waals surface area contributed by atoms with Crippen LogP contribution in [-0.4, -0.2) is 49.3 Å². The fraction of sp³-hybridized carbons (Fsp3) is 0.308. The number of hydrogen-bond donors (Lipinski definition) is 1. The topological polar surface area (TPSA) is 93.6 Å². The van der Waals surface area contributed by atoms with Crippen molar-refractivity contribution in [3.63, 3.8) is 0 Å². The number of benzene rings is 2. The van der Waals surface area contributed by atoms with Crippen LogP contribution in [0, 0.1) is 17.1 Å². The van der Waals surface area contributed by atoms with Gasteiger partial charge in [-0.1, -0.05) is 17.7 Å². The van der Waals surface area contributed by atoms with E-state index in [1.54, 1.807) is 6.07 Å². The maximum atomic E-state index is 14.7. The van der Waals surface area contributed by atoms with Crippen LogP contribution >= 0.6 is 22.9 Å². The second-order valence-corrected chi connectivity index (χ2v) is 10.2. The van der Waals surface area contributed by atoms with Gasteiger partial charge < -0.3 is 19.9 Å². The molecule has 0 amide bonds. The third-order valence-corrected chi connectivity index (χ3v) is 8.14. The molecule has 0 atom stereocenters. The number of thiophene rings is 1. The molecule has 1 saturated heterocycles. The number of nitrogens with two attached hydrogens (primary N) is 1. The number of aromatic nitrogens is 1. The predicted molar refractivity (Wildman–Crippen MR) is 138 cm³/mol. The van der Waals surface area contributed by atoms with E-state index < -0.39 is 5.82 Å². The molecular formula is C26H22ClFN4O3S. The summed E-state index contributed by atoms with van der Waals surface area (Å²) >= 11 is 8.09. The van der Waals surface area contributed by atoms with E-state index in [0.29, 0.717) is 57.5 Å². The van der Waals surface area contributed by atoms with Crippen molar-refractivity contribution in [3.05, 3.63) is 51.8 Å². The molecule has 4 aromatic rings. The first-order chi connectivity index (χ1) is 17.6. The second kappa shape index (κ2) is 9.47. The van der Waals surface area contributed by atoms with Gasteiger partial charge in [-0.25, -0.2) is 9.37 Å². The maximum Gasteiger partial charge on any atom is 0.213 e. The van der Waals surface area contributed by atoms with E-state index >= 15 is 0 Å². The summed E-state index contributed by atoms with van der Waals surface area (Å²) in [7, 11) is 0. The predicted octanol–water partition coefficient (Wildman–Crippen LogP) is 5.10. The second-order valence-electron chi connectivity index (χ2n) is 8.74. The molecule has 2 aromatic carbocycles. The molecule has 36 heavy (non-hydrogen) atoms. The molecule has 0 radical (unpaired) electrons. The van der Waals surface area contributed by atoms with E-state index in [-0.39, 0.29) is 10.6 Å². The fourth-order valence-corrected chi connectivity index (χ4v) is 6.28. The molecule has 0 bridgehead atoms. The van der Waals surface area contributed by atoms with E-state index in [1.807, 2.05) is 12.1 Å². The van der Waals surface area contributed by atoms with Crippen LogP contribution in [0.25, 0.3) is 32.1 Å². The molecule has 1 fully saturated rings. The van der Waals surface area contributed by atoms with E-state index in [2.05, 4.69) is 11.0 Å². The third-order valence-electron chi connectivity index (χ3n) is 6.74. The van der Waals surface area contributed by atoms with Gasteiger partial charge in [0.1, 0.15) is 23.5 Å². The van der Waals surface area contributed by atoms with Crippen molar-refractivity contribution in [1.82, 2.24) is 9.88 Å². The van der Waals surface area contributed by atoms with E-state index in [0.717, 1.165) is 60.7 Å². The highest BCUT2D eigenvalue weighted by molar-refractivity contribution is 7.23. The van der Waals surface area contributed by atoms with Crippen LogP contribution in [-0.2, 0) is 22.7 Å². The average molecular weight is 525 g/mol. The molecule has 10 heteroatoms. The maximum absolute atomic E-state index is 14.7. The van der Waals surface area contributed by atoms with Gasteiger partial charge in [-0.2, -0.15) is 5.26 Å². The Morgan fingerprint density at radius 3 is 2.78 bits per heavy atom. The molecule has 6 rings (SSSR count). The van der Waals surface area contributed by atoms with Gasteiger partial charge in [0.2, 0.25) is 5.88 Å². The number of nitrogens with zero attached hydrogens (tertiary/aromatic N) is 3. The van der Waals surface area contributed by atoms with Gasteiger partial charge in [-0.05, 0) is 28.8 Å². The summed E-state index contributed by atoms with van der Waals surface area (Å²) < 4.78 is 32.2. The molecule has 0 aliphatic carbocycles. The first-order valence-electron chi connectivity index (χ1n) is 11.6. The Balaban J connectivity index is 1.46. The van der Waals surface area contributed by atoms with Gasteiger partial charge in [0.15, 0.2) is 0 Å². The quantitative estimate of drug-likeness (QED) is 0.388. The monoisotopic (exact) mass is 524 g/mol. The van der Waals surface area contributed by atoms with E-state index in [4.69, 9.17) is 36.5 Å². The molecule has 0 unspecified atom stereocenters. The number of anilines is 1. The molecule has 2 aliphatic heterocycles. The van der Waals surface area contributed by atoms with Crippen molar-refractivity contribution in [3.8, 4) is 23.1 Å². The summed E-state index contributed by atoms with van der Waals surface area (Å²) in [6.45, 7) is 5.30. The van der Waals surface area contributed by atoms with Crippen LogP contribution < -0.4 is 10.5 Å². The van der Waals surface area contributed by atoms with Crippen LogP contribution in [0.1, 0.15) is 16.7 Å². The Bertz CT molecular complexity index is 1540. The van der Waals surface area contributed by atoms with Gasteiger partial charge in [0, 0.05) is 42.0 Å². The van der Waals surface area contributed by atoms with Crippen molar-refractivity contribution >= 4 is 48.9 Å². The smallest absolute Gasteiger partial charge is 0.213 e. The Hall–Kier alpha value is -3.00. The van der Waals surface area contributed by atoms with Crippen LogP contribution in [0.3, 0.4) is 0 Å². The van der Waals surface area contributed by atoms with Crippen molar-refractivity contribution in [2.75, 3.05) is 45.2 Å². The lowest BCUT2D eigenvalue weighted by Crippen LogP contribution is -2.38. The van der Waals surface area contributed by atoms with Gasteiger partial charge in [-0.15, -0.1) is 11.3 Å². The average Bonchev–Trinajstić information content (AvgIpc) is 3.51. The number of rotatable bonds is 5. The molecule has 2 aliphatic rings. The van der Waals surface area contributed by atoms with E-state index in [1.165, 1.54) is 6.07 Å². The van der Waals surface area contributed by atoms with Crippen molar-refractivity contribution in [2.45, 2.75) is 13.2 Å². The summed E-state index contributed by atoms with van der Waals surface area (Å²) in [6.07, 6.45) is 0. The third kappa shape index (κ3) is 3.86. The molecule has 0 spiro atoms. The number of fused-ring (bicyclic) bond motifs is 4. The van der Waals surface area contributed by atoms with Gasteiger partial charge in [0.05, 0.1) is 47.2 Å². The minimum Gasteiger partial charge on any atom is -0.476 e. The molecule has 2 aromatic heterocycles. The first-order valence-corrected chi connectivity index (χ1v) is 12.8. The zero-order valence-electron chi connectivity index (χ0n) is 19.3. The van der Waals surface area contributed by atoms with Crippen molar-refractivity contribution in [1.29, 1.82) is 5.26 Å². The molecule has 4 heterocycles. The normalized spacial score (nSPS) is 15.9. The molecular weight excluding hydrogens is 503 g/mol. The highest BCUT2D eigenvalue weighted by Gasteiger charge is 2.28. The Morgan fingerprint density at radius 2 is 1.97 bits per heavy atom. The van der Waals surface area contributed by atoms with Crippen LogP contribution in [0.5, 0.6) is 5.88 Å². The highest BCUT2D eigenvalue weighted by atomic mass is 35.5. The number of nitrogen functional groups attached to an aromatic ring is 1. The van der Waals surface area contributed by atoms with Crippen molar-refractivity contribution < 1.29 is 18.6 Å². The lowest BCUT2D eigenvalue weighted by Gasteiger charge is -2.26. The number of nitriles is 1. The zero-order chi connectivity index (χ0) is 24.8. The lowest BCUT2D eigenvalue weighted by atomic mass is 9.91. The molecule has 2 N–H and O–H groups in total. The zero-order valence-corrected chi connectivity index (χ0v) is 20.8. The standard InChI is InChI=1S/C26H22ClFN4O3S/c27-23-21(15-1-3-19(28)25-22(15)16(11-29)26(30)36-25)18-13-34-12-17(18)14-2-4-20(31-24(14)23)35-10-7-32-5-8-33-9-6-32/h1-4H,5-10,12-13,30H2. The van der Waals surface area contributed by atoms with Crippen molar-refractivity contribution in [2.24, 2.45) is 0 Å². The number of pyridine rings is 1. The van der Waals surface area contributed by atoms with Gasteiger partial charge in [-0.3, -0.25) is 4.90 Å².